The zero-order valence-electron chi connectivity index (χ0n) is 16.0. The molecule has 0 atom stereocenters. The molecule has 5 nitrogen and oxygen atoms in total. The highest BCUT2D eigenvalue weighted by Gasteiger charge is 2.35. The van der Waals surface area contributed by atoms with Crippen molar-refractivity contribution in [3.8, 4) is 0 Å². The van der Waals surface area contributed by atoms with Crippen LogP contribution < -0.4 is 0 Å². The Balaban J connectivity index is 1.51. The highest BCUT2D eigenvalue weighted by Crippen LogP contribution is 2.29. The highest BCUT2D eigenvalue weighted by molar-refractivity contribution is 9.10. The molecule has 0 bridgehead atoms. The highest BCUT2D eigenvalue weighted by atomic mass is 79.9. The molecular weight excluding hydrogens is 465 g/mol. The lowest BCUT2D eigenvalue weighted by atomic mass is 10.1. The maximum Gasteiger partial charge on any atom is 0.416 e. The number of rotatable bonds is 6. The number of imide groups is 1. The number of halogens is 4. The van der Waals surface area contributed by atoms with E-state index >= 15 is 0 Å². The molecule has 1 aliphatic heterocycles. The summed E-state index contributed by atoms with van der Waals surface area (Å²) < 4.78 is 38.6. The molecular formula is C21H18BrF3N2O3. The van der Waals surface area contributed by atoms with Crippen molar-refractivity contribution in [3.63, 3.8) is 0 Å². The quantitative estimate of drug-likeness (QED) is 0.569. The van der Waals surface area contributed by atoms with Gasteiger partial charge in [-0.3, -0.25) is 19.3 Å². The summed E-state index contributed by atoms with van der Waals surface area (Å²) in [5, 5.41) is 0. The Hall–Kier alpha value is -2.68. The summed E-state index contributed by atoms with van der Waals surface area (Å²) in [4.78, 5) is 39.7. The third kappa shape index (κ3) is 4.72. The van der Waals surface area contributed by atoms with E-state index in [1.807, 2.05) is 0 Å². The summed E-state index contributed by atoms with van der Waals surface area (Å²) in [5.41, 5.74) is 0.507. The molecule has 2 aromatic rings. The second-order valence-electron chi connectivity index (χ2n) is 7.00. The molecule has 1 heterocycles. The number of hydrogen-bond acceptors (Lipinski definition) is 3. The van der Waals surface area contributed by atoms with Gasteiger partial charge in [0, 0.05) is 31.0 Å². The summed E-state index contributed by atoms with van der Waals surface area (Å²) in [5.74, 6) is -0.996. The second-order valence-corrected chi connectivity index (χ2v) is 7.92. The van der Waals surface area contributed by atoms with Gasteiger partial charge < -0.3 is 4.90 Å². The van der Waals surface area contributed by atoms with E-state index in [9.17, 15) is 27.6 Å². The van der Waals surface area contributed by atoms with Crippen molar-refractivity contribution >= 4 is 33.7 Å². The largest absolute Gasteiger partial charge is 0.416 e. The van der Waals surface area contributed by atoms with Gasteiger partial charge >= 0.3 is 6.18 Å². The third-order valence-electron chi connectivity index (χ3n) is 4.83. The number of carbonyl (C=O) groups is 3. The van der Waals surface area contributed by atoms with Crippen LogP contribution in [0.3, 0.4) is 0 Å². The van der Waals surface area contributed by atoms with Gasteiger partial charge in [0.15, 0.2) is 0 Å². The molecule has 0 aliphatic carbocycles. The van der Waals surface area contributed by atoms with Crippen LogP contribution in [0.1, 0.15) is 44.7 Å². The number of nitrogens with zero attached hydrogens (tertiary/aromatic N) is 2. The predicted molar refractivity (Wildman–Crippen MR) is 107 cm³/mol. The standard InChI is InChI=1S/C21H18BrF3N2O3/c1-26(12-13-4-6-14(7-5-13)21(23,24)25)18(28)3-2-10-27-19(29)16-9-8-15(22)11-17(16)20(27)30/h4-9,11H,2-3,10,12H2,1H3. The molecule has 0 unspecified atom stereocenters. The molecule has 0 N–H and O–H groups in total. The fraction of sp³-hybridized carbons (Fsp3) is 0.286. The van der Waals surface area contributed by atoms with Crippen LogP contribution in [0.15, 0.2) is 46.9 Å². The molecule has 0 aromatic heterocycles. The van der Waals surface area contributed by atoms with Crippen LogP contribution >= 0.6 is 15.9 Å². The lowest BCUT2D eigenvalue weighted by molar-refractivity contribution is -0.137. The molecule has 3 rings (SSSR count). The van der Waals surface area contributed by atoms with Crippen molar-refractivity contribution in [1.82, 2.24) is 9.80 Å². The van der Waals surface area contributed by atoms with Crippen molar-refractivity contribution in [1.29, 1.82) is 0 Å². The van der Waals surface area contributed by atoms with Crippen molar-refractivity contribution in [2.75, 3.05) is 13.6 Å². The van der Waals surface area contributed by atoms with Crippen molar-refractivity contribution in [2.45, 2.75) is 25.6 Å². The maximum atomic E-state index is 12.6. The summed E-state index contributed by atoms with van der Waals surface area (Å²) >= 11 is 3.27. The summed E-state index contributed by atoms with van der Waals surface area (Å²) in [7, 11) is 1.56. The molecule has 0 spiro atoms. The van der Waals surface area contributed by atoms with Gasteiger partial charge in [0.05, 0.1) is 16.7 Å². The minimum absolute atomic E-state index is 0.105. The topological polar surface area (TPSA) is 57.7 Å². The van der Waals surface area contributed by atoms with E-state index in [-0.39, 0.29) is 37.2 Å². The molecule has 30 heavy (non-hydrogen) atoms. The average molecular weight is 483 g/mol. The van der Waals surface area contributed by atoms with Gasteiger partial charge in [-0.2, -0.15) is 13.2 Å². The van der Waals surface area contributed by atoms with Crippen molar-refractivity contribution in [3.05, 3.63) is 69.2 Å². The minimum atomic E-state index is -4.40. The van der Waals surface area contributed by atoms with E-state index in [0.29, 0.717) is 27.6 Å². The van der Waals surface area contributed by atoms with Gasteiger partial charge in [0.25, 0.3) is 11.8 Å². The van der Waals surface area contributed by atoms with Crippen LogP contribution in [0.4, 0.5) is 13.2 Å². The fourth-order valence-electron chi connectivity index (χ4n) is 3.21. The molecule has 0 radical (unpaired) electrons. The third-order valence-corrected chi connectivity index (χ3v) is 5.33. The van der Waals surface area contributed by atoms with Gasteiger partial charge in [0.2, 0.25) is 5.91 Å². The van der Waals surface area contributed by atoms with Crippen LogP contribution in [0.5, 0.6) is 0 Å². The van der Waals surface area contributed by atoms with Crippen LogP contribution in [0.2, 0.25) is 0 Å². The molecule has 3 amide bonds. The number of hydrogen-bond donors (Lipinski definition) is 0. The SMILES string of the molecule is CN(Cc1ccc(C(F)(F)F)cc1)C(=O)CCCN1C(=O)c2ccc(Br)cc2C1=O. The Morgan fingerprint density at radius 2 is 1.67 bits per heavy atom. The predicted octanol–water partition coefficient (Wildman–Crippen LogP) is 4.50. The maximum absolute atomic E-state index is 12.6. The van der Waals surface area contributed by atoms with E-state index in [4.69, 9.17) is 0 Å². The smallest absolute Gasteiger partial charge is 0.341 e. The van der Waals surface area contributed by atoms with E-state index in [1.54, 1.807) is 25.2 Å². The van der Waals surface area contributed by atoms with Crippen LogP contribution in [0.25, 0.3) is 0 Å². The van der Waals surface area contributed by atoms with Gasteiger partial charge in [-0.25, -0.2) is 0 Å². The molecule has 1 aliphatic rings. The van der Waals surface area contributed by atoms with E-state index < -0.39 is 11.7 Å². The number of fused-ring (bicyclic) bond motifs is 1. The lowest BCUT2D eigenvalue weighted by Gasteiger charge is -2.19. The number of benzene rings is 2. The molecule has 9 heteroatoms. The monoisotopic (exact) mass is 482 g/mol. The Labute approximate surface area is 179 Å². The number of carbonyl (C=O) groups excluding carboxylic acids is 3. The number of alkyl halides is 3. The molecule has 0 saturated heterocycles. The van der Waals surface area contributed by atoms with E-state index in [1.165, 1.54) is 17.0 Å². The van der Waals surface area contributed by atoms with Gasteiger partial charge in [0.1, 0.15) is 0 Å². The summed E-state index contributed by atoms with van der Waals surface area (Å²) in [6.07, 6.45) is -4.00. The second kappa shape index (κ2) is 8.59. The molecule has 2 aromatic carbocycles. The first-order chi connectivity index (χ1) is 14.1. The minimum Gasteiger partial charge on any atom is -0.341 e. The molecule has 0 saturated carbocycles. The lowest BCUT2D eigenvalue weighted by Crippen LogP contribution is -2.32. The molecule has 0 fully saturated rings. The zero-order valence-corrected chi connectivity index (χ0v) is 17.6. The van der Waals surface area contributed by atoms with Crippen LogP contribution in [0, 0.1) is 0 Å². The Morgan fingerprint density at radius 1 is 1.03 bits per heavy atom. The first kappa shape index (κ1) is 22.0. The van der Waals surface area contributed by atoms with Crippen LogP contribution in [-0.2, 0) is 17.5 Å². The summed E-state index contributed by atoms with van der Waals surface area (Å²) in [6, 6.07) is 9.50. The van der Waals surface area contributed by atoms with E-state index in [0.717, 1.165) is 17.0 Å². The first-order valence-electron chi connectivity index (χ1n) is 9.14. The Morgan fingerprint density at radius 3 is 2.30 bits per heavy atom. The fourth-order valence-corrected chi connectivity index (χ4v) is 3.57. The van der Waals surface area contributed by atoms with Gasteiger partial charge in [-0.05, 0) is 42.3 Å². The normalized spacial score (nSPS) is 13.6. The van der Waals surface area contributed by atoms with Gasteiger partial charge in [-0.15, -0.1) is 0 Å². The van der Waals surface area contributed by atoms with E-state index in [2.05, 4.69) is 15.9 Å². The van der Waals surface area contributed by atoms with Crippen molar-refractivity contribution in [2.24, 2.45) is 0 Å². The zero-order chi connectivity index (χ0) is 22.1. The average Bonchev–Trinajstić information content (AvgIpc) is 2.91. The Kier molecular flexibility index (Phi) is 6.30. The van der Waals surface area contributed by atoms with Gasteiger partial charge in [-0.1, -0.05) is 28.1 Å². The molecule has 158 valence electrons. The summed E-state index contributed by atoms with van der Waals surface area (Å²) in [6.45, 7) is 0.280. The Bertz CT molecular complexity index is 990. The first-order valence-corrected chi connectivity index (χ1v) is 9.93. The number of amides is 3. The van der Waals surface area contributed by atoms with Crippen molar-refractivity contribution < 1.29 is 27.6 Å². The van der Waals surface area contributed by atoms with Crippen LogP contribution in [-0.4, -0.2) is 41.1 Å².